The molecule has 1 unspecified atom stereocenters. The van der Waals surface area contributed by atoms with Crippen molar-refractivity contribution in [1.29, 1.82) is 0 Å². The van der Waals surface area contributed by atoms with Crippen molar-refractivity contribution in [2.24, 2.45) is 5.73 Å². The molecule has 16 heavy (non-hydrogen) atoms. The summed E-state index contributed by atoms with van der Waals surface area (Å²) in [5.41, 5.74) is 8.51. The van der Waals surface area contributed by atoms with E-state index < -0.39 is 5.97 Å². The summed E-state index contributed by atoms with van der Waals surface area (Å²) in [6.07, 6.45) is 1.88. The minimum atomic E-state index is -0.850. The number of benzene rings is 1. The molecule has 1 aromatic carbocycles. The fraction of sp³-hybridized carbons (Fsp3) is 0.417. The number of aliphatic carboxylic acids is 1. The molecule has 1 aromatic rings. The van der Waals surface area contributed by atoms with Crippen LogP contribution in [0.3, 0.4) is 0 Å². The first-order valence-corrected chi connectivity index (χ1v) is 5.38. The number of hydrogen-bond donors (Lipinski definition) is 3. The average Bonchev–Trinajstić information content (AvgIpc) is 2.58. The van der Waals surface area contributed by atoms with E-state index in [0.717, 1.165) is 17.5 Å². The summed E-state index contributed by atoms with van der Waals surface area (Å²) in [4.78, 5) is 10.5. The van der Waals surface area contributed by atoms with Crippen LogP contribution >= 0.6 is 0 Å². The second-order valence-electron chi connectivity index (χ2n) is 4.27. The van der Waals surface area contributed by atoms with Crippen LogP contribution in [0.1, 0.15) is 23.1 Å². The molecule has 0 aliphatic heterocycles. The van der Waals surface area contributed by atoms with Crippen LogP contribution in [-0.2, 0) is 24.1 Å². The summed E-state index contributed by atoms with van der Waals surface area (Å²) < 4.78 is 0. The van der Waals surface area contributed by atoms with Gasteiger partial charge in [-0.3, -0.25) is 4.79 Å². The van der Waals surface area contributed by atoms with Crippen LogP contribution in [0, 0.1) is 0 Å². The molecule has 0 saturated carbocycles. The minimum absolute atomic E-state index is 0.0401. The van der Waals surface area contributed by atoms with Crippen molar-refractivity contribution in [2.75, 3.05) is 0 Å². The molecule has 4 nitrogen and oxygen atoms in total. The number of hydrogen-bond acceptors (Lipinski definition) is 3. The van der Waals surface area contributed by atoms with E-state index in [-0.39, 0.29) is 18.2 Å². The van der Waals surface area contributed by atoms with Gasteiger partial charge in [0.25, 0.3) is 0 Å². The predicted octanol–water partition coefficient (Wildman–Crippen LogP) is 0.835. The van der Waals surface area contributed by atoms with Crippen molar-refractivity contribution in [1.82, 2.24) is 0 Å². The number of phenolic OH excluding ortho intramolecular Hbond substituents is 1. The summed E-state index contributed by atoms with van der Waals surface area (Å²) in [5, 5.41) is 18.6. The van der Waals surface area contributed by atoms with Gasteiger partial charge in [-0.25, -0.2) is 0 Å². The van der Waals surface area contributed by atoms with Crippen LogP contribution in [0.25, 0.3) is 0 Å². The van der Waals surface area contributed by atoms with Crippen LogP contribution in [0.15, 0.2) is 12.1 Å². The lowest BCUT2D eigenvalue weighted by Crippen LogP contribution is -2.19. The summed E-state index contributed by atoms with van der Waals surface area (Å²) in [7, 11) is 0. The molecule has 0 fully saturated rings. The van der Waals surface area contributed by atoms with Crippen LogP contribution in [0.5, 0.6) is 5.75 Å². The Labute approximate surface area is 93.7 Å². The van der Waals surface area contributed by atoms with E-state index in [9.17, 15) is 9.90 Å². The Morgan fingerprint density at radius 2 is 2.19 bits per heavy atom. The van der Waals surface area contributed by atoms with Crippen molar-refractivity contribution >= 4 is 5.97 Å². The summed E-state index contributed by atoms with van der Waals surface area (Å²) >= 11 is 0. The Morgan fingerprint density at radius 1 is 1.44 bits per heavy atom. The van der Waals surface area contributed by atoms with Crippen molar-refractivity contribution in [2.45, 2.75) is 31.7 Å². The molecule has 0 radical (unpaired) electrons. The number of carboxylic acid groups (broad SMARTS) is 1. The molecule has 0 aromatic heterocycles. The normalized spacial score (nSPS) is 18.4. The van der Waals surface area contributed by atoms with Gasteiger partial charge >= 0.3 is 5.97 Å². The van der Waals surface area contributed by atoms with Gasteiger partial charge in [0.05, 0.1) is 0 Å². The van der Waals surface area contributed by atoms with E-state index in [1.807, 2.05) is 6.07 Å². The molecule has 4 N–H and O–H groups in total. The monoisotopic (exact) mass is 221 g/mol. The third kappa shape index (κ3) is 2.02. The predicted molar refractivity (Wildman–Crippen MR) is 59.4 cm³/mol. The molecule has 0 bridgehead atoms. The lowest BCUT2D eigenvalue weighted by molar-refractivity contribution is -0.136. The Kier molecular flexibility index (Phi) is 2.83. The molecule has 0 spiro atoms. The zero-order valence-corrected chi connectivity index (χ0v) is 8.94. The Balaban J connectivity index is 2.23. The fourth-order valence-electron chi connectivity index (χ4n) is 2.21. The van der Waals surface area contributed by atoms with E-state index in [2.05, 4.69) is 0 Å². The Bertz CT molecular complexity index is 429. The van der Waals surface area contributed by atoms with E-state index in [1.165, 1.54) is 0 Å². The molecule has 1 aliphatic carbocycles. The highest BCUT2D eigenvalue weighted by Crippen LogP contribution is 2.32. The largest absolute Gasteiger partial charge is 0.507 e. The third-order valence-electron chi connectivity index (χ3n) is 3.02. The highest BCUT2D eigenvalue weighted by molar-refractivity contribution is 5.67. The van der Waals surface area contributed by atoms with Crippen molar-refractivity contribution in [3.63, 3.8) is 0 Å². The van der Waals surface area contributed by atoms with Crippen molar-refractivity contribution < 1.29 is 15.0 Å². The number of phenols is 1. The van der Waals surface area contributed by atoms with Gasteiger partial charge in [0.2, 0.25) is 0 Å². The SMILES string of the molecule is NC1Cc2ccc(CCC(=O)O)c(O)c2C1. The number of fused-ring (bicyclic) bond motifs is 1. The molecule has 1 aliphatic rings. The van der Waals surface area contributed by atoms with Crippen LogP contribution in [0.2, 0.25) is 0 Å². The Hall–Kier alpha value is -1.55. The van der Waals surface area contributed by atoms with Gasteiger partial charge in [-0.15, -0.1) is 0 Å². The van der Waals surface area contributed by atoms with Crippen LogP contribution in [-0.4, -0.2) is 22.2 Å². The minimum Gasteiger partial charge on any atom is -0.507 e. The van der Waals surface area contributed by atoms with Gasteiger partial charge < -0.3 is 15.9 Å². The molecule has 0 amide bonds. The maximum atomic E-state index is 10.5. The van der Waals surface area contributed by atoms with Crippen LogP contribution in [0.4, 0.5) is 0 Å². The van der Waals surface area contributed by atoms with E-state index >= 15 is 0 Å². The van der Waals surface area contributed by atoms with Gasteiger partial charge in [0.1, 0.15) is 5.75 Å². The second kappa shape index (κ2) is 4.14. The van der Waals surface area contributed by atoms with Gasteiger partial charge in [-0.2, -0.15) is 0 Å². The van der Waals surface area contributed by atoms with E-state index in [0.29, 0.717) is 18.4 Å². The number of nitrogens with two attached hydrogens (primary N) is 1. The summed E-state index contributed by atoms with van der Waals surface area (Å²) in [6, 6.07) is 3.82. The summed E-state index contributed by atoms with van der Waals surface area (Å²) in [6.45, 7) is 0. The van der Waals surface area contributed by atoms with Crippen molar-refractivity contribution in [3.8, 4) is 5.75 Å². The van der Waals surface area contributed by atoms with E-state index in [1.54, 1.807) is 6.07 Å². The molecular weight excluding hydrogens is 206 g/mol. The molecule has 86 valence electrons. The average molecular weight is 221 g/mol. The highest BCUT2D eigenvalue weighted by atomic mass is 16.4. The number of carboxylic acids is 1. The first-order chi connectivity index (χ1) is 7.58. The summed E-state index contributed by atoms with van der Waals surface area (Å²) in [5.74, 6) is -0.608. The zero-order valence-electron chi connectivity index (χ0n) is 8.94. The van der Waals surface area contributed by atoms with Crippen LogP contribution < -0.4 is 5.73 Å². The van der Waals surface area contributed by atoms with E-state index in [4.69, 9.17) is 10.8 Å². The smallest absolute Gasteiger partial charge is 0.303 e. The quantitative estimate of drug-likeness (QED) is 0.706. The van der Waals surface area contributed by atoms with Gasteiger partial charge in [-0.05, 0) is 36.0 Å². The molecular formula is C12H15NO3. The third-order valence-corrected chi connectivity index (χ3v) is 3.02. The standard InChI is InChI=1S/C12H15NO3/c13-9-5-8-2-1-7(3-4-11(14)15)12(16)10(8)6-9/h1-2,9,16H,3-6,13H2,(H,14,15). The maximum absolute atomic E-state index is 10.5. The fourth-order valence-corrected chi connectivity index (χ4v) is 2.21. The van der Waals surface area contributed by atoms with Crippen molar-refractivity contribution in [3.05, 3.63) is 28.8 Å². The highest BCUT2D eigenvalue weighted by Gasteiger charge is 2.22. The Morgan fingerprint density at radius 3 is 2.88 bits per heavy atom. The molecule has 0 heterocycles. The molecule has 0 saturated heterocycles. The zero-order chi connectivity index (χ0) is 11.7. The number of rotatable bonds is 3. The van der Waals surface area contributed by atoms with Gasteiger partial charge in [0, 0.05) is 12.5 Å². The first-order valence-electron chi connectivity index (χ1n) is 5.38. The maximum Gasteiger partial charge on any atom is 0.303 e. The lowest BCUT2D eigenvalue weighted by Gasteiger charge is -2.08. The molecule has 4 heteroatoms. The topological polar surface area (TPSA) is 83.6 Å². The molecule has 1 atom stereocenters. The molecule has 2 rings (SSSR count). The lowest BCUT2D eigenvalue weighted by atomic mass is 10.0. The second-order valence-corrected chi connectivity index (χ2v) is 4.27. The number of carbonyl (C=O) groups is 1. The number of aromatic hydroxyl groups is 1. The van der Waals surface area contributed by atoms with Gasteiger partial charge in [0.15, 0.2) is 0 Å². The number of aryl methyl sites for hydroxylation is 1. The first kappa shape index (κ1) is 11.0. The van der Waals surface area contributed by atoms with Gasteiger partial charge in [-0.1, -0.05) is 12.1 Å².